The molecule has 12 heteroatoms. The van der Waals surface area contributed by atoms with E-state index in [-0.39, 0.29) is 22.3 Å². The summed E-state index contributed by atoms with van der Waals surface area (Å²) in [5.74, 6) is -2.08. The molecule has 4 amide bonds. The molecule has 41 heavy (non-hydrogen) atoms. The van der Waals surface area contributed by atoms with Crippen molar-refractivity contribution in [2.45, 2.75) is 56.1 Å². The largest absolute Gasteiger partial charge is 0.367 e. The van der Waals surface area contributed by atoms with Crippen LogP contribution in [0.5, 0.6) is 0 Å². The van der Waals surface area contributed by atoms with Crippen molar-refractivity contribution < 1.29 is 19.2 Å². The van der Waals surface area contributed by atoms with Gasteiger partial charge in [-0.1, -0.05) is 25.3 Å². The van der Waals surface area contributed by atoms with Gasteiger partial charge in [0.1, 0.15) is 0 Å². The van der Waals surface area contributed by atoms with E-state index in [2.05, 4.69) is 15.2 Å². The Balaban J connectivity index is 1.74. The predicted octanol–water partition coefficient (Wildman–Crippen LogP) is 0.0619. The van der Waals surface area contributed by atoms with Gasteiger partial charge in [0.05, 0.1) is 22.2 Å². The quantitative estimate of drug-likeness (QED) is 0.496. The van der Waals surface area contributed by atoms with Crippen molar-refractivity contribution in [1.29, 1.82) is 0 Å². The van der Waals surface area contributed by atoms with Crippen molar-refractivity contribution >= 4 is 40.5 Å². The summed E-state index contributed by atoms with van der Waals surface area (Å²) >= 11 is 1.35. The molecule has 1 aromatic heterocycles. The molecule has 218 valence electrons. The number of nitrogens with one attached hydrogen (secondary N) is 1. The highest BCUT2D eigenvalue weighted by atomic mass is 32.1. The lowest BCUT2D eigenvalue weighted by molar-refractivity contribution is -0.128. The first-order valence-electron chi connectivity index (χ1n) is 13.9. The summed E-state index contributed by atoms with van der Waals surface area (Å²) in [6.45, 7) is 1.59. The summed E-state index contributed by atoms with van der Waals surface area (Å²) in [7, 11) is 8.44. The molecule has 1 saturated carbocycles. The summed E-state index contributed by atoms with van der Waals surface area (Å²) in [6.07, 6.45) is 3.83. The van der Waals surface area contributed by atoms with Crippen molar-refractivity contribution in [3.63, 3.8) is 0 Å². The van der Waals surface area contributed by atoms with Crippen LogP contribution in [-0.4, -0.2) is 96.2 Å². The molecule has 1 aromatic carbocycles. The van der Waals surface area contributed by atoms with E-state index in [0.717, 1.165) is 36.5 Å². The smallest absolute Gasteiger partial charge is 0.280 e. The highest BCUT2D eigenvalue weighted by molar-refractivity contribution is 7.13. The van der Waals surface area contributed by atoms with Gasteiger partial charge in [-0.15, -0.1) is 11.3 Å². The molecule has 5 rings (SSSR count). The Labute approximate surface area is 243 Å². The van der Waals surface area contributed by atoms with Gasteiger partial charge in [-0.05, 0) is 32.0 Å². The number of rotatable bonds is 6. The van der Waals surface area contributed by atoms with Gasteiger partial charge in [0.15, 0.2) is 10.5 Å². The standard InChI is InChI=1S/C29H37N7O4S/c1-34(2)25(38)17-10-9-11-19-21(17)22(26(39)35(3)4)29(32-19,27(30)40)28(13-7-6-8-14-28)33-23(37)24-31-18-12-15-36(5)16-20(18)41-24/h9-11H,6-8,12-16H2,1-5H3,(H2,30,40)(H,33,37)/t29-/m0/s1. The van der Waals surface area contributed by atoms with E-state index in [1.165, 1.54) is 21.1 Å². The number of benzene rings is 1. The lowest BCUT2D eigenvalue weighted by atomic mass is 9.64. The van der Waals surface area contributed by atoms with Crippen molar-refractivity contribution in [3.05, 3.63) is 49.9 Å². The molecule has 0 unspecified atom stereocenters. The van der Waals surface area contributed by atoms with Crippen LogP contribution in [0.25, 0.3) is 5.57 Å². The van der Waals surface area contributed by atoms with E-state index in [1.807, 2.05) is 7.05 Å². The van der Waals surface area contributed by atoms with Crippen molar-refractivity contribution in [2.75, 3.05) is 41.8 Å². The fourth-order valence-electron chi connectivity index (χ4n) is 6.40. The maximum absolute atomic E-state index is 14.0. The number of hydrogen-bond donors (Lipinski definition) is 2. The summed E-state index contributed by atoms with van der Waals surface area (Å²) in [5, 5.41) is 4.11. The van der Waals surface area contributed by atoms with E-state index in [9.17, 15) is 19.2 Å². The van der Waals surface area contributed by atoms with Crippen LogP contribution < -0.4 is 21.6 Å². The minimum Gasteiger partial charge on any atom is -0.367 e. The van der Waals surface area contributed by atoms with E-state index in [4.69, 9.17) is 10.7 Å². The van der Waals surface area contributed by atoms with Gasteiger partial charge < -0.3 is 25.8 Å². The first-order valence-corrected chi connectivity index (χ1v) is 14.7. The number of likely N-dealkylation sites (N-methyl/N-ethyl adjacent to an activating group) is 1. The Bertz CT molecular complexity index is 1560. The van der Waals surface area contributed by atoms with Crippen LogP contribution in [0.3, 0.4) is 0 Å². The monoisotopic (exact) mass is 579 g/mol. The Kier molecular flexibility index (Phi) is 7.49. The SMILES string of the molecule is CN1CCc2nc(C(=O)NC3([C@]4(C(N)=O)N=c5cccc(C(=O)N(C)C)c5=C4C(=O)N(C)C)CCCCC3)sc2C1. The van der Waals surface area contributed by atoms with Gasteiger partial charge in [0.25, 0.3) is 23.6 Å². The summed E-state index contributed by atoms with van der Waals surface area (Å²) < 4.78 is 0. The van der Waals surface area contributed by atoms with Gasteiger partial charge in [-0.2, -0.15) is 0 Å². The number of primary amides is 1. The molecule has 0 radical (unpaired) electrons. The van der Waals surface area contributed by atoms with Crippen LogP contribution in [0.15, 0.2) is 23.2 Å². The molecular formula is C29H37N7O4S. The molecule has 1 fully saturated rings. The minimum atomic E-state index is -1.92. The third-order valence-electron chi connectivity index (χ3n) is 8.42. The second-order valence-electron chi connectivity index (χ2n) is 11.6. The molecule has 3 aliphatic rings. The lowest BCUT2D eigenvalue weighted by Crippen LogP contribution is -2.70. The van der Waals surface area contributed by atoms with Crippen molar-refractivity contribution in [1.82, 2.24) is 25.0 Å². The molecule has 2 aromatic rings. The molecule has 3 N–H and O–H groups in total. The van der Waals surface area contributed by atoms with Crippen LogP contribution >= 0.6 is 11.3 Å². The first kappa shape index (κ1) is 28.9. The second kappa shape index (κ2) is 10.6. The van der Waals surface area contributed by atoms with E-state index in [1.54, 1.807) is 46.4 Å². The average Bonchev–Trinajstić information content (AvgIpc) is 3.52. The zero-order chi connectivity index (χ0) is 29.7. The van der Waals surface area contributed by atoms with Crippen LogP contribution in [-0.2, 0) is 22.6 Å². The van der Waals surface area contributed by atoms with Gasteiger partial charge in [0, 0.05) is 63.4 Å². The van der Waals surface area contributed by atoms with Crippen LogP contribution in [0.1, 0.15) is 62.8 Å². The van der Waals surface area contributed by atoms with Crippen molar-refractivity contribution in [3.8, 4) is 0 Å². The van der Waals surface area contributed by atoms with Crippen LogP contribution in [0.4, 0.5) is 0 Å². The normalized spacial score (nSPS) is 21.3. The molecular weight excluding hydrogens is 542 g/mol. The molecule has 3 heterocycles. The maximum Gasteiger partial charge on any atom is 0.280 e. The fraction of sp³-hybridized carbons (Fsp3) is 0.517. The number of carbonyl (C=O) groups excluding carboxylic acids is 4. The lowest BCUT2D eigenvalue weighted by Gasteiger charge is -2.48. The van der Waals surface area contributed by atoms with E-state index in [0.29, 0.717) is 36.0 Å². The highest BCUT2D eigenvalue weighted by Gasteiger charge is 2.63. The Morgan fingerprint density at radius 2 is 1.71 bits per heavy atom. The van der Waals surface area contributed by atoms with Crippen molar-refractivity contribution in [2.24, 2.45) is 10.7 Å². The van der Waals surface area contributed by atoms with E-state index < -0.39 is 28.8 Å². The van der Waals surface area contributed by atoms with Gasteiger partial charge in [0.2, 0.25) is 0 Å². The third kappa shape index (κ3) is 4.62. The van der Waals surface area contributed by atoms with Gasteiger partial charge >= 0.3 is 0 Å². The topological polar surface area (TPSA) is 141 Å². The molecule has 0 bridgehead atoms. The molecule has 1 aliphatic carbocycles. The number of carbonyl (C=O) groups is 4. The predicted molar refractivity (Wildman–Crippen MR) is 155 cm³/mol. The number of aromatic nitrogens is 1. The first-order chi connectivity index (χ1) is 19.4. The molecule has 1 atom stereocenters. The summed E-state index contributed by atoms with van der Waals surface area (Å²) in [4.78, 5) is 70.7. The fourth-order valence-corrected chi connectivity index (χ4v) is 7.49. The molecule has 11 nitrogen and oxygen atoms in total. The number of amides is 4. The Morgan fingerprint density at radius 3 is 2.34 bits per heavy atom. The second-order valence-corrected chi connectivity index (χ2v) is 12.7. The Hall–Kier alpha value is -3.64. The summed E-state index contributed by atoms with van der Waals surface area (Å²) in [5.41, 5.74) is 4.23. The number of thiazole rings is 1. The third-order valence-corrected chi connectivity index (χ3v) is 9.51. The van der Waals surface area contributed by atoms with Gasteiger partial charge in [-0.3, -0.25) is 24.2 Å². The number of hydrogen-bond acceptors (Lipinski definition) is 8. The number of fused-ring (bicyclic) bond motifs is 2. The average molecular weight is 580 g/mol. The maximum atomic E-state index is 14.0. The van der Waals surface area contributed by atoms with E-state index >= 15 is 0 Å². The molecule has 2 aliphatic heterocycles. The van der Waals surface area contributed by atoms with Crippen LogP contribution in [0, 0.1) is 0 Å². The van der Waals surface area contributed by atoms with Gasteiger partial charge in [-0.25, -0.2) is 4.98 Å². The zero-order valence-electron chi connectivity index (χ0n) is 24.2. The highest BCUT2D eigenvalue weighted by Crippen LogP contribution is 2.45. The number of nitrogens with zero attached hydrogens (tertiary/aromatic N) is 5. The molecule has 0 spiro atoms. The zero-order valence-corrected chi connectivity index (χ0v) is 25.1. The Morgan fingerprint density at radius 1 is 1.02 bits per heavy atom. The summed E-state index contributed by atoms with van der Waals surface area (Å²) in [6, 6.07) is 4.98. The van der Waals surface area contributed by atoms with Crippen LogP contribution in [0.2, 0.25) is 0 Å². The number of nitrogens with two attached hydrogens (primary N) is 1. The minimum absolute atomic E-state index is 0.0260. The molecule has 0 saturated heterocycles.